The molecule has 2 aliphatic heterocycles. The Morgan fingerprint density at radius 2 is 1.95 bits per heavy atom. The second-order valence-electron chi connectivity index (χ2n) is 11.4. The monoisotopic (exact) mass is 559 g/mol. The largest absolute Gasteiger partial charge is 0.396 e. The summed E-state index contributed by atoms with van der Waals surface area (Å²) >= 11 is 1.21. The van der Waals surface area contributed by atoms with Gasteiger partial charge in [0.15, 0.2) is 10.9 Å². The lowest BCUT2D eigenvalue weighted by atomic mass is 9.88. The lowest BCUT2D eigenvalue weighted by Crippen LogP contribution is -2.56. The summed E-state index contributed by atoms with van der Waals surface area (Å²) in [4.78, 5) is 34.6. The first-order valence-corrected chi connectivity index (χ1v) is 14.9. The molecule has 2 aliphatic rings. The quantitative estimate of drug-likeness (QED) is 0.378. The number of anilines is 1. The molecule has 0 spiro atoms. The zero-order valence-electron chi connectivity index (χ0n) is 23.3. The maximum Gasteiger partial charge on any atom is 0.321 e. The molecule has 0 radical (unpaired) electrons. The van der Waals surface area contributed by atoms with E-state index in [1.165, 1.54) is 36.0 Å². The average Bonchev–Trinajstić information content (AvgIpc) is 3.27. The summed E-state index contributed by atoms with van der Waals surface area (Å²) in [6.45, 7) is 11.0. The highest BCUT2D eigenvalue weighted by Gasteiger charge is 2.33. The fraction of sp³-hybridized carbons (Fsp3) is 0.621. The molecule has 10 heteroatoms. The van der Waals surface area contributed by atoms with Crippen molar-refractivity contribution in [3.8, 4) is 0 Å². The highest BCUT2D eigenvalue weighted by Crippen LogP contribution is 2.26. The maximum absolute atomic E-state index is 13.3. The molecule has 0 aliphatic carbocycles. The molecule has 2 unspecified atom stereocenters. The lowest BCUT2D eigenvalue weighted by Gasteiger charge is -2.43. The van der Waals surface area contributed by atoms with Crippen LogP contribution in [0.15, 0.2) is 24.3 Å². The highest BCUT2D eigenvalue weighted by atomic mass is 32.1. The Morgan fingerprint density at radius 3 is 2.64 bits per heavy atom. The number of nitrogens with zero attached hydrogens (tertiary/aromatic N) is 3. The number of rotatable bonds is 10. The number of carbonyl (C=O) groups excluding carboxylic acids is 2. The molecule has 3 heterocycles. The third-order valence-electron chi connectivity index (χ3n) is 7.89. The molecule has 4 atom stereocenters. The van der Waals surface area contributed by atoms with Gasteiger partial charge in [-0.1, -0.05) is 30.4 Å². The molecule has 39 heavy (non-hydrogen) atoms. The fourth-order valence-corrected chi connectivity index (χ4v) is 6.85. The zero-order valence-corrected chi connectivity index (χ0v) is 24.1. The molecule has 2 saturated heterocycles. The summed E-state index contributed by atoms with van der Waals surface area (Å²) in [5.41, 5.74) is 1.80. The second kappa shape index (κ2) is 13.8. The van der Waals surface area contributed by atoms with Crippen molar-refractivity contribution in [2.24, 2.45) is 17.8 Å². The molecule has 8 nitrogen and oxygen atoms in total. The van der Waals surface area contributed by atoms with Crippen molar-refractivity contribution >= 4 is 28.3 Å². The number of Topliss-reactive ketones (excluding diaryl/α,β-unsaturated/α-hetero) is 1. The minimum absolute atomic E-state index is 0.0106. The number of aliphatic hydroxyl groups excluding tert-OH is 1. The standard InChI is InChI=1S/C29H42FN5O3S/c1-19(18-36)14-35-12-10-26(32-28(38)33-29-31-20(2)27(39-29)21(3)37)24(17-35)16-34-11-4-5-23(15-34)13-22-6-8-25(30)9-7-22/h6-9,19,23-24,26,36H,4-5,10-18H2,1-3H3,(H2,31,32,33,38)/t19?,23?,24-,26-/m1/s1. The van der Waals surface area contributed by atoms with Crippen molar-refractivity contribution < 1.29 is 19.1 Å². The van der Waals surface area contributed by atoms with Crippen LogP contribution in [0.2, 0.25) is 0 Å². The Balaban J connectivity index is 1.38. The van der Waals surface area contributed by atoms with Crippen LogP contribution in [0.4, 0.5) is 14.3 Å². The summed E-state index contributed by atoms with van der Waals surface area (Å²) in [5, 5.41) is 16.0. The van der Waals surface area contributed by atoms with Gasteiger partial charge in [0.25, 0.3) is 0 Å². The van der Waals surface area contributed by atoms with E-state index in [1.807, 2.05) is 12.1 Å². The number of ketones is 1. The van der Waals surface area contributed by atoms with Crippen LogP contribution < -0.4 is 10.6 Å². The van der Waals surface area contributed by atoms with Gasteiger partial charge in [0.1, 0.15) is 5.82 Å². The van der Waals surface area contributed by atoms with Crippen molar-refractivity contribution in [2.45, 2.75) is 52.5 Å². The first-order valence-electron chi connectivity index (χ1n) is 14.1. The minimum atomic E-state index is -0.293. The van der Waals surface area contributed by atoms with Crippen LogP contribution >= 0.6 is 11.3 Å². The summed E-state index contributed by atoms with van der Waals surface area (Å²) in [6, 6.07) is 6.56. The summed E-state index contributed by atoms with van der Waals surface area (Å²) in [7, 11) is 0. The third-order valence-corrected chi connectivity index (χ3v) is 9.06. The number of likely N-dealkylation sites (tertiary alicyclic amines) is 2. The van der Waals surface area contributed by atoms with E-state index >= 15 is 0 Å². The Labute approximate surface area is 235 Å². The highest BCUT2D eigenvalue weighted by molar-refractivity contribution is 7.17. The molecular formula is C29H42FN5O3S. The van der Waals surface area contributed by atoms with Crippen LogP contribution in [-0.2, 0) is 6.42 Å². The van der Waals surface area contributed by atoms with Crippen LogP contribution in [0.3, 0.4) is 0 Å². The molecule has 1 aromatic heterocycles. The number of hydrogen-bond donors (Lipinski definition) is 3. The minimum Gasteiger partial charge on any atom is -0.396 e. The van der Waals surface area contributed by atoms with Gasteiger partial charge in [-0.3, -0.25) is 10.1 Å². The first kappa shape index (κ1) is 29.6. The van der Waals surface area contributed by atoms with E-state index in [0.29, 0.717) is 21.6 Å². The number of benzene rings is 1. The summed E-state index contributed by atoms with van der Waals surface area (Å²) in [5.74, 6) is 0.718. The molecule has 2 amide bonds. The smallest absolute Gasteiger partial charge is 0.321 e. The molecule has 3 N–H and O–H groups in total. The average molecular weight is 560 g/mol. The van der Waals surface area contributed by atoms with E-state index in [-0.39, 0.29) is 42.1 Å². The van der Waals surface area contributed by atoms with E-state index in [4.69, 9.17) is 0 Å². The van der Waals surface area contributed by atoms with Crippen molar-refractivity contribution in [1.29, 1.82) is 0 Å². The van der Waals surface area contributed by atoms with Crippen molar-refractivity contribution in [2.75, 3.05) is 51.2 Å². The predicted octanol–water partition coefficient (Wildman–Crippen LogP) is 4.19. The summed E-state index contributed by atoms with van der Waals surface area (Å²) < 4.78 is 13.3. The van der Waals surface area contributed by atoms with Crippen molar-refractivity contribution in [3.63, 3.8) is 0 Å². The number of carbonyl (C=O) groups is 2. The molecule has 2 fully saturated rings. The van der Waals surface area contributed by atoms with Crippen LogP contribution in [-0.4, -0.2) is 83.6 Å². The zero-order chi connectivity index (χ0) is 27.9. The number of aliphatic hydroxyl groups is 1. The number of nitrogens with one attached hydrogen (secondary N) is 2. The number of halogens is 1. The van der Waals surface area contributed by atoms with Gasteiger partial charge >= 0.3 is 6.03 Å². The second-order valence-corrected chi connectivity index (χ2v) is 12.4. The third kappa shape index (κ3) is 8.54. The van der Waals surface area contributed by atoms with Gasteiger partial charge in [-0.05, 0) is 68.7 Å². The molecule has 0 saturated carbocycles. The van der Waals surface area contributed by atoms with Crippen LogP contribution in [0.5, 0.6) is 0 Å². The molecule has 1 aromatic carbocycles. The van der Waals surface area contributed by atoms with Gasteiger partial charge in [-0.15, -0.1) is 0 Å². The SMILES string of the molecule is CC(=O)c1sc(NC(=O)N[C@@H]2CCN(CC(C)CO)C[C@H]2CN2CCCC(Cc3ccc(F)cc3)C2)nc1C. The molecular weight excluding hydrogens is 517 g/mol. The van der Waals surface area contributed by atoms with E-state index in [2.05, 4.69) is 32.3 Å². The van der Waals surface area contributed by atoms with Gasteiger partial charge < -0.3 is 20.2 Å². The van der Waals surface area contributed by atoms with Gasteiger partial charge in [0, 0.05) is 58.2 Å². The first-order chi connectivity index (χ1) is 18.7. The Bertz CT molecular complexity index is 1110. The Kier molecular flexibility index (Phi) is 10.5. The van der Waals surface area contributed by atoms with E-state index in [0.717, 1.165) is 65.0 Å². The summed E-state index contributed by atoms with van der Waals surface area (Å²) in [6.07, 6.45) is 4.07. The van der Waals surface area contributed by atoms with Crippen LogP contribution in [0, 0.1) is 30.5 Å². The Morgan fingerprint density at radius 1 is 1.18 bits per heavy atom. The number of aryl methyl sites for hydroxylation is 1. The van der Waals surface area contributed by atoms with Gasteiger partial charge in [0.05, 0.1) is 10.6 Å². The van der Waals surface area contributed by atoms with Crippen molar-refractivity contribution in [1.82, 2.24) is 20.1 Å². The van der Waals surface area contributed by atoms with E-state index in [9.17, 15) is 19.1 Å². The van der Waals surface area contributed by atoms with Crippen molar-refractivity contribution in [3.05, 3.63) is 46.2 Å². The Hall–Kier alpha value is -2.40. The van der Waals surface area contributed by atoms with E-state index < -0.39 is 0 Å². The van der Waals surface area contributed by atoms with Crippen LogP contribution in [0.25, 0.3) is 0 Å². The number of piperidine rings is 2. The maximum atomic E-state index is 13.3. The number of thiazole rings is 1. The number of urea groups is 1. The normalized spacial score (nSPS) is 23.4. The van der Waals surface area contributed by atoms with Gasteiger partial charge in [-0.25, -0.2) is 14.2 Å². The predicted molar refractivity (Wildman–Crippen MR) is 153 cm³/mol. The number of hydrogen-bond acceptors (Lipinski definition) is 7. The topological polar surface area (TPSA) is 97.8 Å². The molecule has 4 rings (SSSR count). The number of aromatic nitrogens is 1. The molecule has 2 aromatic rings. The van der Waals surface area contributed by atoms with Crippen LogP contribution in [0.1, 0.15) is 54.0 Å². The lowest BCUT2D eigenvalue weighted by molar-refractivity contribution is 0.0721. The fourth-order valence-electron chi connectivity index (χ4n) is 5.99. The number of amides is 2. The molecule has 0 bridgehead atoms. The molecule has 214 valence electrons. The van der Waals surface area contributed by atoms with Gasteiger partial charge in [0.2, 0.25) is 0 Å². The van der Waals surface area contributed by atoms with E-state index in [1.54, 1.807) is 6.92 Å². The van der Waals surface area contributed by atoms with Gasteiger partial charge in [-0.2, -0.15) is 0 Å².